The van der Waals surface area contributed by atoms with Gasteiger partial charge < -0.3 is 0 Å². The van der Waals surface area contributed by atoms with Crippen molar-refractivity contribution < 1.29 is 0 Å². The van der Waals surface area contributed by atoms with Crippen LogP contribution < -0.4 is 5.69 Å². The maximum atomic E-state index is 11.2. The molecule has 0 N–H and O–H groups in total. The minimum Gasteiger partial charge on any atom is -0.280 e. The molecule has 1 aromatic rings. The molecule has 12 heavy (non-hydrogen) atoms. The van der Waals surface area contributed by atoms with Crippen molar-refractivity contribution in [3.05, 3.63) is 26.9 Å². The first kappa shape index (κ1) is 9.55. The lowest BCUT2D eigenvalue weighted by Crippen LogP contribution is -2.24. The molecule has 1 heterocycles. The summed E-state index contributed by atoms with van der Waals surface area (Å²) < 4.78 is 1.37. The summed E-state index contributed by atoms with van der Waals surface area (Å²) in [6.07, 6.45) is 0. The van der Waals surface area contributed by atoms with Gasteiger partial charge in [-0.2, -0.15) is 4.98 Å². The highest BCUT2D eigenvalue weighted by atomic mass is 35.5. The minimum absolute atomic E-state index is 0.00485. The van der Waals surface area contributed by atoms with Gasteiger partial charge in [-0.3, -0.25) is 4.57 Å². The molecule has 0 unspecified atom stereocenters. The smallest absolute Gasteiger partial charge is 0.280 e. The molecule has 1 rings (SSSR count). The largest absolute Gasteiger partial charge is 0.350 e. The fourth-order valence-corrected chi connectivity index (χ4v) is 1.51. The standard InChI is InChI=1S/C7H8Cl2N2O/c1-4(2)11-6(9)3-5(8)10-7(11)12/h3-4H,1-2H3. The SMILES string of the molecule is CC(C)n1c(Cl)cc(Cl)nc1=O. The van der Waals surface area contributed by atoms with Crippen molar-refractivity contribution in [2.75, 3.05) is 0 Å². The van der Waals surface area contributed by atoms with E-state index in [4.69, 9.17) is 23.2 Å². The van der Waals surface area contributed by atoms with Crippen molar-refractivity contribution in [2.45, 2.75) is 19.9 Å². The Kier molecular flexibility index (Phi) is 2.75. The molecule has 0 radical (unpaired) electrons. The topological polar surface area (TPSA) is 34.9 Å². The maximum Gasteiger partial charge on any atom is 0.350 e. The van der Waals surface area contributed by atoms with E-state index >= 15 is 0 Å². The zero-order chi connectivity index (χ0) is 9.30. The van der Waals surface area contributed by atoms with Crippen LogP contribution >= 0.6 is 23.2 Å². The lowest BCUT2D eigenvalue weighted by Gasteiger charge is -2.10. The molecule has 3 nitrogen and oxygen atoms in total. The normalized spacial score (nSPS) is 10.8. The number of hydrogen-bond donors (Lipinski definition) is 0. The van der Waals surface area contributed by atoms with Crippen LogP contribution in [-0.2, 0) is 0 Å². The fourth-order valence-electron chi connectivity index (χ4n) is 0.904. The van der Waals surface area contributed by atoms with E-state index in [1.54, 1.807) is 0 Å². The lowest BCUT2D eigenvalue weighted by atomic mass is 10.4. The molecule has 0 fully saturated rings. The van der Waals surface area contributed by atoms with Crippen molar-refractivity contribution in [2.24, 2.45) is 0 Å². The predicted octanol–water partition coefficient (Wildman–Crippen LogP) is 2.13. The second-order valence-corrected chi connectivity index (χ2v) is 3.42. The van der Waals surface area contributed by atoms with Crippen LogP contribution in [0.15, 0.2) is 10.9 Å². The Labute approximate surface area is 79.9 Å². The summed E-state index contributed by atoms with van der Waals surface area (Å²) in [7, 11) is 0. The number of halogens is 2. The van der Waals surface area contributed by atoms with Crippen LogP contribution in [0.4, 0.5) is 0 Å². The summed E-state index contributed by atoms with van der Waals surface area (Å²) in [5.41, 5.74) is -0.414. The molecule has 0 aliphatic carbocycles. The Hall–Kier alpha value is -0.540. The molecule has 0 atom stereocenters. The van der Waals surface area contributed by atoms with Crippen LogP contribution in [0.3, 0.4) is 0 Å². The Morgan fingerprint density at radius 1 is 1.50 bits per heavy atom. The van der Waals surface area contributed by atoms with Gasteiger partial charge in [0, 0.05) is 12.1 Å². The van der Waals surface area contributed by atoms with Crippen LogP contribution in [0, 0.1) is 0 Å². The molecule has 0 saturated carbocycles. The molecular weight excluding hydrogens is 199 g/mol. The van der Waals surface area contributed by atoms with Crippen molar-refractivity contribution in [1.29, 1.82) is 0 Å². The molecule has 66 valence electrons. The van der Waals surface area contributed by atoms with Crippen LogP contribution in [0.2, 0.25) is 10.3 Å². The monoisotopic (exact) mass is 206 g/mol. The molecule has 0 amide bonds. The molecule has 0 spiro atoms. The molecular formula is C7H8Cl2N2O. The fraction of sp³-hybridized carbons (Fsp3) is 0.429. The lowest BCUT2D eigenvalue weighted by molar-refractivity contribution is 0.564. The van der Waals surface area contributed by atoms with Crippen LogP contribution in [0.25, 0.3) is 0 Å². The van der Waals surface area contributed by atoms with E-state index < -0.39 is 5.69 Å². The number of hydrogen-bond acceptors (Lipinski definition) is 2. The third kappa shape index (κ3) is 1.79. The summed E-state index contributed by atoms with van der Waals surface area (Å²) in [6, 6.07) is 1.44. The van der Waals surface area contributed by atoms with E-state index in [9.17, 15) is 4.79 Å². The second kappa shape index (κ2) is 3.46. The molecule has 0 aromatic carbocycles. The van der Waals surface area contributed by atoms with Gasteiger partial charge in [0.15, 0.2) is 0 Å². The van der Waals surface area contributed by atoms with Gasteiger partial charge in [0.25, 0.3) is 0 Å². The highest BCUT2D eigenvalue weighted by Crippen LogP contribution is 2.14. The van der Waals surface area contributed by atoms with Crippen LogP contribution in [0.1, 0.15) is 19.9 Å². The summed E-state index contributed by atoms with van der Waals surface area (Å²) in [6.45, 7) is 3.70. The Morgan fingerprint density at radius 3 is 2.50 bits per heavy atom. The molecule has 0 bridgehead atoms. The van der Waals surface area contributed by atoms with Gasteiger partial charge in [0.2, 0.25) is 0 Å². The van der Waals surface area contributed by atoms with E-state index in [1.165, 1.54) is 10.6 Å². The minimum atomic E-state index is -0.414. The average Bonchev–Trinajstić information content (AvgIpc) is 1.82. The van der Waals surface area contributed by atoms with Crippen LogP contribution in [0.5, 0.6) is 0 Å². The highest BCUT2D eigenvalue weighted by molar-refractivity contribution is 6.33. The van der Waals surface area contributed by atoms with Crippen LogP contribution in [-0.4, -0.2) is 9.55 Å². The zero-order valence-corrected chi connectivity index (χ0v) is 8.23. The third-order valence-corrected chi connectivity index (χ3v) is 1.88. The number of nitrogens with zero attached hydrogens (tertiary/aromatic N) is 2. The van der Waals surface area contributed by atoms with E-state index in [0.29, 0.717) is 5.15 Å². The highest BCUT2D eigenvalue weighted by Gasteiger charge is 2.07. The Morgan fingerprint density at radius 2 is 2.08 bits per heavy atom. The second-order valence-electron chi connectivity index (χ2n) is 2.65. The molecule has 0 aliphatic heterocycles. The predicted molar refractivity (Wildman–Crippen MR) is 48.9 cm³/mol. The average molecular weight is 207 g/mol. The first-order chi connectivity index (χ1) is 5.52. The molecule has 5 heteroatoms. The molecule has 1 aromatic heterocycles. The van der Waals surface area contributed by atoms with Gasteiger partial charge in [-0.05, 0) is 13.8 Å². The van der Waals surface area contributed by atoms with E-state index in [0.717, 1.165) is 0 Å². The molecule has 0 saturated heterocycles. The van der Waals surface area contributed by atoms with Gasteiger partial charge >= 0.3 is 5.69 Å². The van der Waals surface area contributed by atoms with Crippen molar-refractivity contribution in [1.82, 2.24) is 9.55 Å². The van der Waals surface area contributed by atoms with Gasteiger partial charge in [-0.25, -0.2) is 4.79 Å². The van der Waals surface area contributed by atoms with Gasteiger partial charge in [-0.1, -0.05) is 23.2 Å². The summed E-state index contributed by atoms with van der Waals surface area (Å²) >= 11 is 11.3. The summed E-state index contributed by atoms with van der Waals surface area (Å²) in [5.74, 6) is 0. The number of aromatic nitrogens is 2. The van der Waals surface area contributed by atoms with Crippen molar-refractivity contribution in [3.8, 4) is 0 Å². The zero-order valence-electron chi connectivity index (χ0n) is 6.71. The Balaban J connectivity index is 3.39. The van der Waals surface area contributed by atoms with E-state index in [2.05, 4.69) is 4.98 Å². The Bertz CT molecular complexity index is 346. The van der Waals surface area contributed by atoms with E-state index in [-0.39, 0.29) is 11.2 Å². The van der Waals surface area contributed by atoms with Gasteiger partial charge in [0.05, 0.1) is 0 Å². The van der Waals surface area contributed by atoms with E-state index in [1.807, 2.05) is 13.8 Å². The molecule has 0 aliphatic rings. The van der Waals surface area contributed by atoms with Gasteiger partial charge in [0.1, 0.15) is 10.3 Å². The first-order valence-electron chi connectivity index (χ1n) is 3.47. The number of rotatable bonds is 1. The summed E-state index contributed by atoms with van der Waals surface area (Å²) in [5, 5.41) is 0.442. The third-order valence-electron chi connectivity index (χ3n) is 1.39. The first-order valence-corrected chi connectivity index (χ1v) is 4.22. The van der Waals surface area contributed by atoms with Crippen molar-refractivity contribution in [3.63, 3.8) is 0 Å². The quantitative estimate of drug-likeness (QED) is 0.661. The van der Waals surface area contributed by atoms with Gasteiger partial charge in [-0.15, -0.1) is 0 Å². The summed E-state index contributed by atoms with van der Waals surface area (Å²) in [4.78, 5) is 14.7. The van der Waals surface area contributed by atoms with Crippen molar-refractivity contribution >= 4 is 23.2 Å². The maximum absolute atomic E-state index is 11.2.